The molecule has 14 rings (SSSR count). The van der Waals surface area contributed by atoms with Crippen molar-refractivity contribution in [3.63, 3.8) is 0 Å². The monoisotopic (exact) mass is 1430 g/mol. The van der Waals surface area contributed by atoms with Crippen molar-refractivity contribution in [3.05, 3.63) is 165 Å². The minimum Gasteiger partial charge on any atom is -0.490 e. The number of carbonyl (C=O) groups excluding carboxylic acids is 2. The largest absolute Gasteiger partial charge is 0.490 e. The zero-order valence-electron chi connectivity index (χ0n) is 56.8. The molecule has 0 bridgehead atoms. The molecule has 22 nitrogen and oxygen atoms in total. The molecule has 520 valence electrons. The number of β-amino-alcohol motifs (C(OH)–C–C–N with tert-alkyl or cyclic N) is 1. The number of thiazole rings is 1. The summed E-state index contributed by atoms with van der Waals surface area (Å²) in [4.78, 5) is 33.4. The van der Waals surface area contributed by atoms with E-state index in [1.807, 2.05) is 108 Å². The van der Waals surface area contributed by atoms with Crippen LogP contribution in [0.3, 0.4) is 0 Å². The van der Waals surface area contributed by atoms with Crippen molar-refractivity contribution in [2.75, 3.05) is 38.5 Å². The maximum absolute atomic E-state index is 12.7. The van der Waals surface area contributed by atoms with Gasteiger partial charge in [0.25, 0.3) is 0 Å². The molecule has 2 fully saturated rings. The number of nitrogens with two attached hydrogens (primary N) is 2. The van der Waals surface area contributed by atoms with E-state index in [1.54, 1.807) is 41.8 Å². The van der Waals surface area contributed by atoms with Crippen LogP contribution in [0, 0.1) is 34.0 Å². The van der Waals surface area contributed by atoms with Gasteiger partial charge < -0.3 is 41.0 Å². The average molecular weight is 1430 g/mol. The van der Waals surface area contributed by atoms with Crippen molar-refractivity contribution in [2.24, 2.45) is 11.5 Å². The fourth-order valence-corrected chi connectivity index (χ4v) is 17.5. The third-order valence-corrected chi connectivity index (χ3v) is 22.4. The van der Waals surface area contributed by atoms with Gasteiger partial charge in [-0.3, -0.25) is 14.5 Å². The van der Waals surface area contributed by atoms with E-state index in [1.165, 1.54) is 49.8 Å². The summed E-state index contributed by atoms with van der Waals surface area (Å²) < 4.78 is 45.3. The van der Waals surface area contributed by atoms with Gasteiger partial charge in [-0.05, 0) is 180 Å². The maximum Gasteiger partial charge on any atom is 0.239 e. The third-order valence-electron chi connectivity index (χ3n) is 18.1. The van der Waals surface area contributed by atoms with Crippen LogP contribution in [0.2, 0.25) is 0 Å². The minimum absolute atomic E-state index is 0.00952. The number of aliphatic hydroxyl groups is 1. The first-order valence-corrected chi connectivity index (χ1v) is 37.8. The summed E-state index contributed by atoms with van der Waals surface area (Å²) >= 11 is 4.56. The summed E-state index contributed by atoms with van der Waals surface area (Å²) in [5, 5.41) is 62.8. The van der Waals surface area contributed by atoms with Crippen molar-refractivity contribution in [3.8, 4) is 98.8 Å². The second-order valence-electron chi connectivity index (χ2n) is 26.3. The van der Waals surface area contributed by atoms with E-state index in [2.05, 4.69) is 76.7 Å². The second kappa shape index (κ2) is 31.3. The number of hydrogen-bond acceptors (Lipinski definition) is 22. The molecule has 101 heavy (non-hydrogen) atoms. The van der Waals surface area contributed by atoms with E-state index < -0.39 is 33.8 Å². The lowest BCUT2D eigenvalue weighted by molar-refractivity contribution is -0.138. The molecule has 26 heteroatoms. The number of sulfonamides is 1. The predicted octanol–water partition coefficient (Wildman–Crippen LogP) is 11.4. The van der Waals surface area contributed by atoms with Crippen LogP contribution in [0.1, 0.15) is 135 Å². The Morgan fingerprint density at radius 2 is 1.07 bits per heavy atom. The molecule has 3 aliphatic carbocycles. The molecular formula is C75H78N14O8S4. The zero-order valence-corrected chi connectivity index (χ0v) is 60.1. The number of nitriles is 3. The molecule has 5 aliphatic rings. The van der Waals surface area contributed by atoms with Gasteiger partial charge in [-0.15, -0.1) is 31.7 Å². The molecule has 0 radical (unpaired) electrons. The quantitative estimate of drug-likeness (QED) is 0.0502. The average Bonchev–Trinajstić information content (AvgIpc) is 1.67. The van der Waals surface area contributed by atoms with E-state index in [4.69, 9.17) is 25.7 Å². The number of amides is 2. The van der Waals surface area contributed by atoms with Crippen molar-refractivity contribution in [1.82, 2.24) is 45.2 Å². The highest BCUT2D eigenvalue weighted by Crippen LogP contribution is 2.46. The number of likely N-dealkylation sites (tertiary alicyclic amines) is 2. The van der Waals surface area contributed by atoms with Crippen LogP contribution < -0.4 is 35.7 Å². The zero-order chi connectivity index (χ0) is 71.2. The number of aromatic nitrogens is 5. The van der Waals surface area contributed by atoms with Gasteiger partial charge in [0, 0.05) is 78.3 Å². The predicted molar refractivity (Wildman–Crippen MR) is 390 cm³/mol. The summed E-state index contributed by atoms with van der Waals surface area (Å²) in [5.74, 6) is 0.424. The highest BCUT2D eigenvalue weighted by molar-refractivity contribution is 7.90. The van der Waals surface area contributed by atoms with Gasteiger partial charge in [-0.1, -0.05) is 77.3 Å². The highest BCUT2D eigenvalue weighted by atomic mass is 32.2. The van der Waals surface area contributed by atoms with Crippen LogP contribution in [0.4, 0.5) is 0 Å². The molecule has 2 saturated heterocycles. The molecule has 0 spiro atoms. The number of aliphatic hydroxyl groups excluding tert-OH is 1. The number of benzene rings is 6. The fourth-order valence-electron chi connectivity index (χ4n) is 13.5. The molecule has 0 saturated carbocycles. The van der Waals surface area contributed by atoms with Gasteiger partial charge >= 0.3 is 0 Å². The van der Waals surface area contributed by atoms with E-state index in [9.17, 15) is 38.9 Å². The Labute approximate surface area is 599 Å². The van der Waals surface area contributed by atoms with E-state index >= 15 is 0 Å². The lowest BCUT2D eigenvalue weighted by atomic mass is 10.0. The van der Waals surface area contributed by atoms with Crippen LogP contribution in [0.25, 0.3) is 63.3 Å². The summed E-state index contributed by atoms with van der Waals surface area (Å²) in [6.45, 7) is 14.0. The number of hydrogen-bond donors (Lipinski definition) is 5. The summed E-state index contributed by atoms with van der Waals surface area (Å²) in [6.07, 6.45) is 7.44. The Kier molecular flexibility index (Phi) is 22.1. The number of nitrogens with one attached hydrogen (secondary N) is 2. The summed E-state index contributed by atoms with van der Waals surface area (Å²) in [5.41, 5.74) is 25.9. The van der Waals surface area contributed by atoms with Crippen LogP contribution in [-0.4, -0.2) is 129 Å². The van der Waals surface area contributed by atoms with Crippen molar-refractivity contribution >= 4 is 55.8 Å². The van der Waals surface area contributed by atoms with E-state index in [-0.39, 0.29) is 49.9 Å². The SMILES string of the molecule is CC(C)Oc1ccc(-c2ncc(-c3cccc4c3CC[C@H]4NS(=O)(=O)CC(=O)N3CC(O)C3)s2)cc1C#N.CC(C)Oc1ccc(-c2nnc(-c3cccc4c3CCC4N3CC[C@H](N)C3)s2)cc1C#N.CC(C)Oc1ccc(-c2nnc(-c3cccc4c3CC[C@H]4NC(=O)CN)s2)cc1C#N. The first-order chi connectivity index (χ1) is 48.7. The number of fused-ring (bicyclic) bond motifs is 3. The van der Waals surface area contributed by atoms with Crippen LogP contribution in [0.5, 0.6) is 17.2 Å². The van der Waals surface area contributed by atoms with Crippen LogP contribution in [0.15, 0.2) is 115 Å². The molecule has 6 aromatic carbocycles. The second-order valence-corrected chi connectivity index (χ2v) is 31.1. The highest BCUT2D eigenvalue weighted by Gasteiger charge is 2.36. The van der Waals surface area contributed by atoms with Gasteiger partial charge in [0.1, 0.15) is 66.2 Å². The molecule has 7 N–H and O–H groups in total. The van der Waals surface area contributed by atoms with E-state index in [0.29, 0.717) is 58.9 Å². The fraction of sp³-hybridized carbons (Fsp3) is 0.360. The van der Waals surface area contributed by atoms with Crippen LogP contribution in [-0.2, 0) is 38.9 Å². The molecule has 1 unspecified atom stereocenters. The molecule has 2 aliphatic heterocycles. The first-order valence-electron chi connectivity index (χ1n) is 33.7. The molecular weight excluding hydrogens is 1350 g/mol. The Balaban J connectivity index is 0.000000144. The summed E-state index contributed by atoms with van der Waals surface area (Å²) in [6, 6.07) is 42.0. The molecule has 9 aromatic rings. The number of carbonyl (C=O) groups is 2. The van der Waals surface area contributed by atoms with Crippen molar-refractivity contribution in [2.45, 2.75) is 135 Å². The van der Waals surface area contributed by atoms with Crippen LogP contribution >= 0.6 is 34.0 Å². The van der Waals surface area contributed by atoms with Gasteiger partial charge in [-0.2, -0.15) is 15.8 Å². The molecule has 4 atom stereocenters. The smallest absolute Gasteiger partial charge is 0.239 e. The van der Waals surface area contributed by atoms with Crippen molar-refractivity contribution < 1.29 is 37.3 Å². The molecule has 3 aromatic heterocycles. The number of ether oxygens (including phenoxy) is 3. The Morgan fingerprint density at radius 3 is 1.56 bits per heavy atom. The number of rotatable bonds is 19. The standard InChI is InChI=1S/C27H28N4O5S2.C25H27N5OS.C23H23N5O2S/c1-16(2)36-24-9-6-17(10-18(24)11-28)27-29-12-25(37-27)22-5-3-4-21-20(22)7-8-23(21)30-38(34,35)15-26(33)31-13-19(32)14-31;1-15(2)31-23-9-6-16(12-17(23)13-26)24-28-29-25(32-24)21-5-3-4-20-19(21)7-8-22(20)30-11-10-18(27)14-30;1-13(2)30-20-9-6-14(10-15(20)11-24)22-27-28-23(31-22)18-5-3-4-17-16(18)7-8-19(17)26-21(29)12-25/h3-6,9-10,12,16,19,23,30,32H,7-8,13-15H2,1-2H3;3-6,9,12,15,18,22H,7-8,10-11,14,27H2,1-2H3;3-6,9-10,13,19H,7-8,12,25H2,1-2H3,(H,26,29)/t23-;18-,22?;19-/m101/s1. The maximum atomic E-state index is 12.7. The van der Waals surface area contributed by atoms with Gasteiger partial charge in [-0.25, -0.2) is 18.1 Å². The van der Waals surface area contributed by atoms with Gasteiger partial charge in [0.2, 0.25) is 21.8 Å². The lowest BCUT2D eigenvalue weighted by Gasteiger charge is -2.35. The Morgan fingerprint density at radius 1 is 0.604 bits per heavy atom. The molecule has 5 heterocycles. The van der Waals surface area contributed by atoms with Crippen molar-refractivity contribution in [1.29, 1.82) is 15.8 Å². The number of nitrogens with zero attached hydrogens (tertiary/aromatic N) is 10. The minimum atomic E-state index is -3.84. The van der Waals surface area contributed by atoms with Gasteiger partial charge in [0.15, 0.2) is 0 Å². The Bertz CT molecular complexity index is 4810. The third kappa shape index (κ3) is 16.4. The van der Waals surface area contributed by atoms with Gasteiger partial charge in [0.05, 0.1) is 58.6 Å². The summed E-state index contributed by atoms with van der Waals surface area (Å²) in [7, 11) is -3.84. The first kappa shape index (κ1) is 71.5. The molecule has 2 amide bonds. The Hall–Kier alpha value is -9.37. The van der Waals surface area contributed by atoms with E-state index in [0.717, 1.165) is 120 Å². The lowest BCUT2D eigenvalue weighted by Crippen LogP contribution is -2.55. The topological polar surface area (TPSA) is 335 Å². The normalized spacial score (nSPS) is 17.5.